The van der Waals surface area contributed by atoms with E-state index < -0.39 is 0 Å². The molecule has 3 saturated carbocycles. The zero-order chi connectivity index (χ0) is 35.1. The van der Waals surface area contributed by atoms with Crippen molar-refractivity contribution in [2.45, 2.75) is 182 Å². The Hall–Kier alpha value is -1.83. The third kappa shape index (κ3) is 11.3. The fraction of sp³-hybridized carbons (Fsp3) is 0.766. The summed E-state index contributed by atoms with van der Waals surface area (Å²) in [5, 5.41) is 0. The number of ether oxygens (including phenoxy) is 1. The number of hydrogen-bond donors (Lipinski definition) is 0. The lowest BCUT2D eigenvalue weighted by Crippen LogP contribution is -2.51. The van der Waals surface area contributed by atoms with Crippen molar-refractivity contribution >= 4 is 5.97 Å². The molecular formula is C47H76O2. The first-order valence-corrected chi connectivity index (χ1v) is 21.2. The average Bonchev–Trinajstić information content (AvgIpc) is 3.43. The van der Waals surface area contributed by atoms with E-state index in [1.807, 2.05) is 0 Å². The van der Waals surface area contributed by atoms with E-state index in [1.54, 1.807) is 5.57 Å². The third-order valence-corrected chi connectivity index (χ3v) is 13.8. The number of unbranched alkanes of at least 4 members (excludes halogenated alkanes) is 4. The Labute approximate surface area is 303 Å². The van der Waals surface area contributed by atoms with Gasteiger partial charge in [-0.15, -0.1) is 0 Å². The zero-order valence-corrected chi connectivity index (χ0v) is 32.9. The number of allylic oxidation sites excluding steroid dienone is 9. The van der Waals surface area contributed by atoms with Crippen LogP contribution in [0.2, 0.25) is 0 Å². The van der Waals surface area contributed by atoms with Crippen molar-refractivity contribution in [3.05, 3.63) is 60.3 Å². The Balaban J connectivity index is 1.11. The summed E-state index contributed by atoms with van der Waals surface area (Å²) in [7, 11) is 0. The maximum atomic E-state index is 12.8. The van der Waals surface area contributed by atoms with Crippen LogP contribution in [0.4, 0.5) is 0 Å². The van der Waals surface area contributed by atoms with Gasteiger partial charge in [-0.3, -0.25) is 4.79 Å². The quantitative estimate of drug-likeness (QED) is 0.0731. The number of rotatable bonds is 20. The zero-order valence-electron chi connectivity index (χ0n) is 32.9. The van der Waals surface area contributed by atoms with Crippen LogP contribution >= 0.6 is 0 Å². The van der Waals surface area contributed by atoms with E-state index in [0.717, 1.165) is 93.3 Å². The smallest absolute Gasteiger partial charge is 0.306 e. The lowest BCUT2D eigenvalue weighted by atomic mass is 9.47. The molecule has 0 aromatic heterocycles. The van der Waals surface area contributed by atoms with Crippen molar-refractivity contribution in [1.29, 1.82) is 0 Å². The molecule has 276 valence electrons. The van der Waals surface area contributed by atoms with Crippen molar-refractivity contribution in [3.63, 3.8) is 0 Å². The number of carbonyl (C=O) groups excluding carboxylic acids is 1. The van der Waals surface area contributed by atoms with Gasteiger partial charge in [-0.25, -0.2) is 0 Å². The molecule has 49 heavy (non-hydrogen) atoms. The maximum Gasteiger partial charge on any atom is 0.306 e. The summed E-state index contributed by atoms with van der Waals surface area (Å²) in [6.07, 6.45) is 45.7. The van der Waals surface area contributed by atoms with Gasteiger partial charge < -0.3 is 4.74 Å². The standard InChI is InChI=1S/C47H76O2/c1-7-8-9-10-11-12-13-14-15-16-17-18-19-20-21-22-23-27-45(48)49-40-32-34-46(5)39(36-40)28-29-41-43-31-30-42(38(4)26-24-25-37(2)3)47(43,6)35-33-44(41)46/h8-9,11-12,14-15,17-18,28,37-38,40-44H,7,10,13,16,19-27,29-36H2,1-6H3/t38-,40+,41?,42?,43?,44?,46+,47-/m1/s1. The van der Waals surface area contributed by atoms with Gasteiger partial charge in [0, 0.05) is 12.8 Å². The average molecular weight is 673 g/mol. The second kappa shape index (κ2) is 20.3. The third-order valence-electron chi connectivity index (χ3n) is 13.8. The van der Waals surface area contributed by atoms with E-state index in [9.17, 15) is 4.79 Å². The highest BCUT2D eigenvalue weighted by Gasteiger charge is 2.59. The van der Waals surface area contributed by atoms with E-state index in [-0.39, 0.29) is 12.1 Å². The van der Waals surface area contributed by atoms with Crippen molar-refractivity contribution in [3.8, 4) is 0 Å². The van der Waals surface area contributed by atoms with Crippen LogP contribution in [0.1, 0.15) is 176 Å². The number of hydrogen-bond acceptors (Lipinski definition) is 2. The molecule has 4 unspecified atom stereocenters. The van der Waals surface area contributed by atoms with Crippen LogP contribution in [0.25, 0.3) is 0 Å². The van der Waals surface area contributed by atoms with Crippen LogP contribution in [0.15, 0.2) is 60.3 Å². The Morgan fingerprint density at radius 1 is 0.796 bits per heavy atom. The summed E-state index contributed by atoms with van der Waals surface area (Å²) in [6, 6.07) is 0. The molecule has 4 aliphatic rings. The first-order chi connectivity index (χ1) is 23.7. The Bertz CT molecular complexity index is 1140. The second-order valence-corrected chi connectivity index (χ2v) is 17.6. The molecule has 3 fully saturated rings. The highest BCUT2D eigenvalue weighted by atomic mass is 16.5. The molecule has 0 aromatic rings. The van der Waals surface area contributed by atoms with Crippen molar-refractivity contribution < 1.29 is 9.53 Å². The predicted molar refractivity (Wildman–Crippen MR) is 211 cm³/mol. The molecule has 4 aliphatic carbocycles. The van der Waals surface area contributed by atoms with Crippen LogP contribution in [0.3, 0.4) is 0 Å². The minimum Gasteiger partial charge on any atom is -0.462 e. The highest BCUT2D eigenvalue weighted by Crippen LogP contribution is 2.67. The summed E-state index contributed by atoms with van der Waals surface area (Å²) >= 11 is 0. The number of carbonyl (C=O) groups is 1. The predicted octanol–water partition coefficient (Wildman–Crippen LogP) is 14.1. The fourth-order valence-electron chi connectivity index (χ4n) is 11.0. The van der Waals surface area contributed by atoms with Crippen molar-refractivity contribution in [2.75, 3.05) is 0 Å². The molecule has 0 spiro atoms. The lowest BCUT2D eigenvalue weighted by molar-refractivity contribution is -0.151. The Morgan fingerprint density at radius 2 is 1.49 bits per heavy atom. The van der Waals surface area contributed by atoms with Crippen LogP contribution in [0.5, 0.6) is 0 Å². The molecule has 0 amide bonds. The van der Waals surface area contributed by atoms with Crippen LogP contribution in [-0.2, 0) is 9.53 Å². The first-order valence-electron chi connectivity index (χ1n) is 21.2. The molecule has 2 heteroatoms. The van der Waals surface area contributed by atoms with Gasteiger partial charge in [0.2, 0.25) is 0 Å². The minimum atomic E-state index is 0.0368. The molecule has 2 nitrogen and oxygen atoms in total. The van der Waals surface area contributed by atoms with Crippen LogP contribution < -0.4 is 0 Å². The summed E-state index contributed by atoms with van der Waals surface area (Å²) in [4.78, 5) is 12.8. The van der Waals surface area contributed by atoms with E-state index in [1.165, 1.54) is 70.6 Å². The lowest BCUT2D eigenvalue weighted by Gasteiger charge is -2.58. The molecule has 0 saturated heterocycles. The van der Waals surface area contributed by atoms with E-state index in [0.29, 0.717) is 17.3 Å². The van der Waals surface area contributed by atoms with E-state index in [2.05, 4.69) is 96.2 Å². The van der Waals surface area contributed by atoms with Gasteiger partial charge in [0.25, 0.3) is 0 Å². The van der Waals surface area contributed by atoms with Gasteiger partial charge in [0.15, 0.2) is 0 Å². The van der Waals surface area contributed by atoms with E-state index >= 15 is 0 Å². The number of esters is 1. The molecule has 4 rings (SSSR count). The SMILES string of the molecule is CCC=CCC=CCC=CCC=CCCCCCCC(=O)O[C@H]1CC[C@@]2(C)C(=CCC3C4CCC([C@H](C)CCCC(C)C)[C@@]4(C)CCC32)C1. The topological polar surface area (TPSA) is 26.3 Å². The molecule has 0 heterocycles. The first kappa shape index (κ1) is 39.9. The Morgan fingerprint density at radius 3 is 2.20 bits per heavy atom. The largest absolute Gasteiger partial charge is 0.462 e. The van der Waals surface area contributed by atoms with Gasteiger partial charge in [0.05, 0.1) is 0 Å². The molecule has 0 aliphatic heterocycles. The molecule has 8 atom stereocenters. The summed E-state index contributed by atoms with van der Waals surface area (Å²) < 4.78 is 6.12. The van der Waals surface area contributed by atoms with Gasteiger partial charge in [-0.05, 0) is 136 Å². The second-order valence-electron chi connectivity index (χ2n) is 17.6. The van der Waals surface area contributed by atoms with Gasteiger partial charge in [0.1, 0.15) is 6.10 Å². The molecular weight excluding hydrogens is 597 g/mol. The van der Waals surface area contributed by atoms with Crippen molar-refractivity contribution in [2.24, 2.45) is 46.3 Å². The molecule has 0 radical (unpaired) electrons. The maximum absolute atomic E-state index is 12.8. The minimum absolute atomic E-state index is 0.0368. The number of fused-ring (bicyclic) bond motifs is 5. The van der Waals surface area contributed by atoms with Gasteiger partial charge in [-0.2, -0.15) is 0 Å². The van der Waals surface area contributed by atoms with Gasteiger partial charge in [-0.1, -0.05) is 134 Å². The van der Waals surface area contributed by atoms with E-state index in [4.69, 9.17) is 4.74 Å². The molecule has 0 bridgehead atoms. The van der Waals surface area contributed by atoms with Crippen LogP contribution in [0, 0.1) is 46.3 Å². The highest BCUT2D eigenvalue weighted by molar-refractivity contribution is 5.69. The fourth-order valence-corrected chi connectivity index (χ4v) is 11.0. The normalized spacial score (nSPS) is 32.2. The molecule has 0 aromatic carbocycles. The molecule has 0 N–H and O–H groups in total. The monoisotopic (exact) mass is 673 g/mol. The summed E-state index contributed by atoms with van der Waals surface area (Å²) in [5.74, 6) is 5.26. The Kier molecular flexibility index (Phi) is 16.5. The summed E-state index contributed by atoms with van der Waals surface area (Å²) in [6.45, 7) is 14.8. The van der Waals surface area contributed by atoms with Crippen molar-refractivity contribution in [1.82, 2.24) is 0 Å². The van der Waals surface area contributed by atoms with Gasteiger partial charge >= 0.3 is 5.97 Å². The summed E-state index contributed by atoms with van der Waals surface area (Å²) in [5.41, 5.74) is 2.50. The van der Waals surface area contributed by atoms with Crippen LogP contribution in [-0.4, -0.2) is 12.1 Å².